The van der Waals surface area contributed by atoms with Crippen molar-refractivity contribution in [3.05, 3.63) is 45.2 Å². The molecule has 0 unspecified atom stereocenters. The normalized spacial score (nSPS) is 10.5. The van der Waals surface area contributed by atoms with E-state index in [0.717, 1.165) is 6.26 Å². The van der Waals surface area contributed by atoms with Gasteiger partial charge in [-0.1, -0.05) is 11.6 Å². The lowest BCUT2D eigenvalue weighted by Gasteiger charge is -1.96. The van der Waals surface area contributed by atoms with E-state index >= 15 is 0 Å². The van der Waals surface area contributed by atoms with E-state index < -0.39 is 4.92 Å². The average molecular weight is 200 g/mol. The Morgan fingerprint density at radius 1 is 1.54 bits per heavy atom. The van der Waals surface area contributed by atoms with Gasteiger partial charge in [0.15, 0.2) is 0 Å². The third-order valence-corrected chi connectivity index (χ3v) is 1.68. The lowest BCUT2D eigenvalue weighted by molar-refractivity contribution is -0.385. The molecule has 1 N–H and O–H groups in total. The fourth-order valence-electron chi connectivity index (χ4n) is 0.905. The van der Waals surface area contributed by atoms with Crippen molar-refractivity contribution in [1.29, 1.82) is 0 Å². The molecule has 0 radical (unpaired) electrons. The number of nitrogens with zero attached hydrogens (tertiary/aromatic N) is 1. The molecule has 0 heterocycles. The molecule has 0 aliphatic heterocycles. The molecule has 1 rings (SSSR count). The summed E-state index contributed by atoms with van der Waals surface area (Å²) in [6.07, 6.45) is 1.95. The van der Waals surface area contributed by atoms with Gasteiger partial charge in [-0.15, -0.1) is 0 Å². The number of halogens is 1. The molecule has 0 spiro atoms. The molecule has 5 heteroatoms. The van der Waals surface area contributed by atoms with Crippen LogP contribution in [0.25, 0.3) is 6.08 Å². The van der Waals surface area contributed by atoms with Gasteiger partial charge in [0.2, 0.25) is 0 Å². The van der Waals surface area contributed by atoms with Crippen molar-refractivity contribution in [2.75, 3.05) is 0 Å². The predicted molar refractivity (Wildman–Crippen MR) is 49.8 cm³/mol. The largest absolute Gasteiger partial charge is 0.516 e. The minimum Gasteiger partial charge on any atom is -0.516 e. The highest BCUT2D eigenvalue weighted by atomic mass is 35.5. The zero-order chi connectivity index (χ0) is 9.84. The fraction of sp³-hybridized carbons (Fsp3) is 0. The van der Waals surface area contributed by atoms with E-state index in [1.54, 1.807) is 0 Å². The van der Waals surface area contributed by atoms with Gasteiger partial charge >= 0.3 is 0 Å². The van der Waals surface area contributed by atoms with E-state index in [0.29, 0.717) is 5.02 Å². The Morgan fingerprint density at radius 3 is 2.77 bits per heavy atom. The minimum absolute atomic E-state index is 0.0882. The molecule has 1 aromatic carbocycles. The summed E-state index contributed by atoms with van der Waals surface area (Å²) in [5.74, 6) is 0. The van der Waals surface area contributed by atoms with Gasteiger partial charge < -0.3 is 5.11 Å². The zero-order valence-electron chi connectivity index (χ0n) is 6.48. The van der Waals surface area contributed by atoms with Crippen LogP contribution < -0.4 is 0 Å². The quantitative estimate of drug-likeness (QED) is 0.453. The number of benzene rings is 1. The van der Waals surface area contributed by atoms with Gasteiger partial charge in [0.05, 0.1) is 16.7 Å². The first kappa shape index (κ1) is 9.54. The van der Waals surface area contributed by atoms with Crippen molar-refractivity contribution in [3.63, 3.8) is 0 Å². The monoisotopic (exact) mass is 199 g/mol. The van der Waals surface area contributed by atoms with E-state index in [2.05, 4.69) is 0 Å². The highest BCUT2D eigenvalue weighted by molar-refractivity contribution is 6.30. The first-order valence-corrected chi connectivity index (χ1v) is 3.77. The summed E-state index contributed by atoms with van der Waals surface area (Å²) < 4.78 is 0. The van der Waals surface area contributed by atoms with Crippen molar-refractivity contribution in [2.45, 2.75) is 0 Å². The zero-order valence-corrected chi connectivity index (χ0v) is 7.23. The van der Waals surface area contributed by atoms with Crippen LogP contribution in [0.5, 0.6) is 0 Å². The summed E-state index contributed by atoms with van der Waals surface area (Å²) in [4.78, 5) is 9.92. The van der Waals surface area contributed by atoms with Gasteiger partial charge in [0.1, 0.15) is 0 Å². The summed E-state index contributed by atoms with van der Waals surface area (Å²) >= 11 is 5.62. The van der Waals surface area contributed by atoms with E-state index in [1.165, 1.54) is 24.3 Å². The SMILES string of the molecule is O=[N+]([O-])c1ccc(Cl)cc1C=CO. The second-order valence-electron chi connectivity index (χ2n) is 2.28. The van der Waals surface area contributed by atoms with Gasteiger partial charge in [0.25, 0.3) is 5.69 Å². The van der Waals surface area contributed by atoms with E-state index in [4.69, 9.17) is 16.7 Å². The Kier molecular flexibility index (Phi) is 2.87. The molecule has 0 aromatic heterocycles. The third-order valence-electron chi connectivity index (χ3n) is 1.44. The summed E-state index contributed by atoms with van der Waals surface area (Å²) in [7, 11) is 0. The van der Waals surface area contributed by atoms with Crippen LogP contribution in [0.15, 0.2) is 24.5 Å². The Hall–Kier alpha value is -1.55. The molecule has 13 heavy (non-hydrogen) atoms. The molecular weight excluding hydrogens is 194 g/mol. The van der Waals surface area contributed by atoms with Gasteiger partial charge in [-0.05, 0) is 18.2 Å². The van der Waals surface area contributed by atoms with Crippen molar-refractivity contribution in [3.8, 4) is 0 Å². The minimum atomic E-state index is -0.536. The standard InChI is InChI=1S/C8H6ClNO3/c9-7-1-2-8(10(12)13)6(5-7)3-4-11/h1-5,11H. The molecule has 0 saturated carbocycles. The lowest BCUT2D eigenvalue weighted by Crippen LogP contribution is -1.90. The van der Waals surface area contributed by atoms with Gasteiger partial charge in [0, 0.05) is 11.1 Å². The summed E-state index contributed by atoms with van der Waals surface area (Å²) in [5, 5.41) is 19.3. The van der Waals surface area contributed by atoms with E-state index in [9.17, 15) is 10.1 Å². The second-order valence-corrected chi connectivity index (χ2v) is 2.71. The van der Waals surface area contributed by atoms with Crippen LogP contribution in [0.1, 0.15) is 5.56 Å². The Morgan fingerprint density at radius 2 is 2.23 bits per heavy atom. The maximum Gasteiger partial charge on any atom is 0.276 e. The summed E-state index contributed by atoms with van der Waals surface area (Å²) in [6, 6.07) is 4.12. The first-order chi connectivity index (χ1) is 6.15. The molecule has 0 aliphatic carbocycles. The molecule has 68 valence electrons. The van der Waals surface area contributed by atoms with Gasteiger partial charge in [-0.2, -0.15) is 0 Å². The third kappa shape index (κ3) is 2.19. The lowest BCUT2D eigenvalue weighted by atomic mass is 10.2. The number of hydrogen-bond acceptors (Lipinski definition) is 3. The summed E-state index contributed by atoms with van der Waals surface area (Å²) in [6.45, 7) is 0. The molecule has 0 atom stereocenters. The number of rotatable bonds is 2. The van der Waals surface area contributed by atoms with E-state index in [1.807, 2.05) is 0 Å². The molecular formula is C8H6ClNO3. The van der Waals surface area contributed by atoms with Crippen molar-refractivity contribution in [1.82, 2.24) is 0 Å². The highest BCUT2D eigenvalue weighted by Gasteiger charge is 2.10. The molecule has 4 nitrogen and oxygen atoms in total. The molecule has 0 bridgehead atoms. The van der Waals surface area contributed by atoms with Crippen LogP contribution in [-0.4, -0.2) is 10.0 Å². The van der Waals surface area contributed by atoms with Gasteiger partial charge in [-0.25, -0.2) is 0 Å². The average Bonchev–Trinajstić information content (AvgIpc) is 2.04. The number of nitro benzene ring substituents is 1. The molecule has 0 aliphatic rings. The van der Waals surface area contributed by atoms with Crippen molar-refractivity contribution >= 4 is 23.4 Å². The topological polar surface area (TPSA) is 63.4 Å². The maximum absolute atomic E-state index is 10.5. The highest BCUT2D eigenvalue weighted by Crippen LogP contribution is 2.23. The maximum atomic E-state index is 10.5. The Bertz CT molecular complexity index is 362. The first-order valence-electron chi connectivity index (χ1n) is 3.40. The van der Waals surface area contributed by atoms with Crippen LogP contribution >= 0.6 is 11.6 Å². The number of hydrogen-bond donors (Lipinski definition) is 1. The van der Waals surface area contributed by atoms with Crippen LogP contribution in [0, 0.1) is 10.1 Å². The van der Waals surface area contributed by atoms with Crippen LogP contribution in [0.4, 0.5) is 5.69 Å². The predicted octanol–water partition coefficient (Wildman–Crippen LogP) is 2.78. The summed E-state index contributed by atoms with van der Waals surface area (Å²) in [5.41, 5.74) is 0.190. The number of nitro groups is 1. The second kappa shape index (κ2) is 3.91. The van der Waals surface area contributed by atoms with Crippen LogP contribution in [0.2, 0.25) is 5.02 Å². The van der Waals surface area contributed by atoms with Crippen LogP contribution in [-0.2, 0) is 0 Å². The number of aliphatic hydroxyl groups excluding tert-OH is 1. The van der Waals surface area contributed by atoms with Crippen molar-refractivity contribution in [2.24, 2.45) is 0 Å². The van der Waals surface area contributed by atoms with Crippen LogP contribution in [0.3, 0.4) is 0 Å². The molecule has 0 fully saturated rings. The Labute approximate surface area is 79.2 Å². The molecule has 0 saturated heterocycles. The van der Waals surface area contributed by atoms with Crippen molar-refractivity contribution < 1.29 is 10.0 Å². The molecule has 1 aromatic rings. The fourth-order valence-corrected chi connectivity index (χ4v) is 1.09. The smallest absolute Gasteiger partial charge is 0.276 e. The number of aliphatic hydroxyl groups is 1. The molecule has 0 amide bonds. The van der Waals surface area contributed by atoms with E-state index in [-0.39, 0.29) is 11.3 Å². The van der Waals surface area contributed by atoms with Gasteiger partial charge in [-0.3, -0.25) is 10.1 Å². The Balaban J connectivity index is 3.26.